The molecule has 0 saturated carbocycles. The molecular formula is C23H25N3O2. The highest BCUT2D eigenvalue weighted by Crippen LogP contribution is 2.25. The van der Waals surface area contributed by atoms with E-state index in [4.69, 9.17) is 9.84 Å². The topological polar surface area (TPSA) is 47.4 Å². The van der Waals surface area contributed by atoms with Gasteiger partial charge in [0.1, 0.15) is 5.69 Å². The zero-order valence-electron chi connectivity index (χ0n) is 16.3. The van der Waals surface area contributed by atoms with E-state index in [1.165, 1.54) is 5.56 Å². The number of benzene rings is 2. The molecule has 0 radical (unpaired) electrons. The quantitative estimate of drug-likeness (QED) is 0.675. The molecule has 5 heteroatoms. The number of carbonyl (C=O) groups is 1. The van der Waals surface area contributed by atoms with Crippen molar-refractivity contribution in [2.24, 2.45) is 0 Å². The van der Waals surface area contributed by atoms with Crippen molar-refractivity contribution in [2.45, 2.75) is 25.9 Å². The lowest BCUT2D eigenvalue weighted by Crippen LogP contribution is -2.34. The standard InChI is InChI=1S/C23H25N3O2/c1-17-10-12-19(13-11-17)26-16-21(22(24-26)18-7-4-3-5-8-18)23(27)25(2)15-20-9-6-14-28-20/h3-5,7-8,10-13,16,20H,6,9,14-15H2,1-2H3/t20-/m1/s1. The summed E-state index contributed by atoms with van der Waals surface area (Å²) in [7, 11) is 1.84. The second-order valence-corrected chi connectivity index (χ2v) is 7.36. The minimum Gasteiger partial charge on any atom is -0.376 e. The number of hydrogen-bond donors (Lipinski definition) is 0. The van der Waals surface area contributed by atoms with Crippen LogP contribution in [-0.2, 0) is 4.74 Å². The van der Waals surface area contributed by atoms with E-state index in [2.05, 4.69) is 6.92 Å². The van der Waals surface area contributed by atoms with Gasteiger partial charge in [0.05, 0.1) is 17.4 Å². The molecule has 3 aromatic rings. The summed E-state index contributed by atoms with van der Waals surface area (Å²) in [5.41, 5.74) is 4.36. The maximum Gasteiger partial charge on any atom is 0.257 e. The molecule has 1 aliphatic heterocycles. The van der Waals surface area contributed by atoms with E-state index >= 15 is 0 Å². The van der Waals surface area contributed by atoms with Crippen LogP contribution in [0.5, 0.6) is 0 Å². The second-order valence-electron chi connectivity index (χ2n) is 7.36. The molecule has 0 bridgehead atoms. The fourth-order valence-corrected chi connectivity index (χ4v) is 3.55. The summed E-state index contributed by atoms with van der Waals surface area (Å²) >= 11 is 0. The number of likely N-dealkylation sites (N-methyl/N-ethyl adjacent to an activating group) is 1. The smallest absolute Gasteiger partial charge is 0.257 e. The third-order valence-electron chi connectivity index (χ3n) is 5.14. The average Bonchev–Trinajstić information content (AvgIpc) is 3.38. The Labute approximate surface area is 165 Å². The van der Waals surface area contributed by atoms with E-state index in [1.807, 2.05) is 67.8 Å². The van der Waals surface area contributed by atoms with Crippen LogP contribution in [0.15, 0.2) is 60.8 Å². The maximum atomic E-state index is 13.2. The van der Waals surface area contributed by atoms with Crippen LogP contribution < -0.4 is 0 Å². The number of rotatable bonds is 5. The lowest BCUT2D eigenvalue weighted by molar-refractivity contribution is 0.0587. The molecule has 1 atom stereocenters. The van der Waals surface area contributed by atoms with Crippen molar-refractivity contribution in [1.82, 2.24) is 14.7 Å². The zero-order chi connectivity index (χ0) is 19.5. The van der Waals surface area contributed by atoms with Crippen molar-refractivity contribution in [3.63, 3.8) is 0 Å². The number of nitrogens with zero attached hydrogens (tertiary/aromatic N) is 3. The first kappa shape index (κ1) is 18.4. The van der Waals surface area contributed by atoms with Crippen molar-refractivity contribution in [2.75, 3.05) is 20.2 Å². The Bertz CT molecular complexity index is 942. The van der Waals surface area contributed by atoms with Gasteiger partial charge in [-0.15, -0.1) is 0 Å². The summed E-state index contributed by atoms with van der Waals surface area (Å²) in [4.78, 5) is 15.0. The molecule has 4 rings (SSSR count). The van der Waals surface area contributed by atoms with Crippen LogP contribution in [0.25, 0.3) is 16.9 Å². The fraction of sp³-hybridized carbons (Fsp3) is 0.304. The summed E-state index contributed by atoms with van der Waals surface area (Å²) < 4.78 is 7.48. The zero-order valence-corrected chi connectivity index (χ0v) is 16.3. The normalized spacial score (nSPS) is 16.3. The molecule has 0 spiro atoms. The van der Waals surface area contributed by atoms with E-state index in [0.717, 1.165) is 30.7 Å². The molecule has 5 nitrogen and oxygen atoms in total. The minimum atomic E-state index is -0.0345. The molecule has 2 aromatic carbocycles. The largest absolute Gasteiger partial charge is 0.376 e. The van der Waals surface area contributed by atoms with E-state index in [1.54, 1.807) is 9.58 Å². The Morgan fingerprint density at radius 2 is 1.93 bits per heavy atom. The van der Waals surface area contributed by atoms with Gasteiger partial charge < -0.3 is 9.64 Å². The predicted octanol–water partition coefficient (Wildman–Crippen LogP) is 4.10. The molecule has 1 aromatic heterocycles. The summed E-state index contributed by atoms with van der Waals surface area (Å²) in [5.74, 6) is -0.0345. The van der Waals surface area contributed by atoms with Gasteiger partial charge in [0.2, 0.25) is 0 Å². The van der Waals surface area contributed by atoms with Crippen LogP contribution in [0.2, 0.25) is 0 Å². The summed E-state index contributed by atoms with van der Waals surface area (Å²) in [6.07, 6.45) is 4.03. The molecule has 1 aliphatic rings. The average molecular weight is 375 g/mol. The van der Waals surface area contributed by atoms with Crippen LogP contribution in [0.1, 0.15) is 28.8 Å². The second kappa shape index (κ2) is 7.98. The Balaban J connectivity index is 1.69. The van der Waals surface area contributed by atoms with Gasteiger partial charge in [0.25, 0.3) is 5.91 Å². The molecule has 28 heavy (non-hydrogen) atoms. The van der Waals surface area contributed by atoms with E-state index in [0.29, 0.717) is 17.8 Å². The van der Waals surface area contributed by atoms with Crippen molar-refractivity contribution < 1.29 is 9.53 Å². The molecule has 1 fully saturated rings. The molecule has 144 valence electrons. The minimum absolute atomic E-state index is 0.0345. The first-order valence-electron chi connectivity index (χ1n) is 9.71. The molecule has 2 heterocycles. The fourth-order valence-electron chi connectivity index (χ4n) is 3.55. The van der Waals surface area contributed by atoms with Gasteiger partial charge in [-0.3, -0.25) is 4.79 Å². The van der Waals surface area contributed by atoms with Crippen LogP contribution in [-0.4, -0.2) is 46.9 Å². The Morgan fingerprint density at radius 1 is 1.18 bits per heavy atom. The first-order valence-corrected chi connectivity index (χ1v) is 9.71. The van der Waals surface area contributed by atoms with Gasteiger partial charge >= 0.3 is 0 Å². The molecular weight excluding hydrogens is 350 g/mol. The van der Waals surface area contributed by atoms with E-state index < -0.39 is 0 Å². The van der Waals surface area contributed by atoms with Crippen molar-refractivity contribution >= 4 is 5.91 Å². The molecule has 0 N–H and O–H groups in total. The maximum absolute atomic E-state index is 13.2. The Morgan fingerprint density at radius 3 is 2.61 bits per heavy atom. The van der Waals surface area contributed by atoms with Crippen molar-refractivity contribution in [3.05, 3.63) is 71.9 Å². The lowest BCUT2D eigenvalue weighted by atomic mass is 10.1. The van der Waals surface area contributed by atoms with Crippen molar-refractivity contribution in [1.29, 1.82) is 0 Å². The number of hydrogen-bond acceptors (Lipinski definition) is 3. The summed E-state index contributed by atoms with van der Waals surface area (Å²) in [5, 5.41) is 4.75. The predicted molar refractivity (Wildman–Crippen MR) is 110 cm³/mol. The lowest BCUT2D eigenvalue weighted by Gasteiger charge is -2.20. The van der Waals surface area contributed by atoms with Gasteiger partial charge in [-0.1, -0.05) is 48.0 Å². The Hall–Kier alpha value is -2.92. The number of ether oxygens (including phenoxy) is 1. The van der Waals surface area contributed by atoms with E-state index in [-0.39, 0.29) is 12.0 Å². The molecule has 0 unspecified atom stereocenters. The van der Waals surface area contributed by atoms with Crippen LogP contribution in [0, 0.1) is 6.92 Å². The highest BCUT2D eigenvalue weighted by molar-refractivity contribution is 5.99. The molecule has 1 amide bonds. The van der Waals surface area contributed by atoms with Crippen LogP contribution in [0.3, 0.4) is 0 Å². The number of amides is 1. The van der Waals surface area contributed by atoms with E-state index in [9.17, 15) is 4.79 Å². The third kappa shape index (κ3) is 3.85. The van der Waals surface area contributed by atoms with Gasteiger partial charge in [-0.2, -0.15) is 5.10 Å². The van der Waals surface area contributed by atoms with Gasteiger partial charge in [0.15, 0.2) is 0 Å². The highest BCUT2D eigenvalue weighted by Gasteiger charge is 2.25. The number of aryl methyl sites for hydroxylation is 1. The Kier molecular flexibility index (Phi) is 5.26. The SMILES string of the molecule is Cc1ccc(-n2cc(C(=O)N(C)C[C@H]3CCCO3)c(-c3ccccc3)n2)cc1. The first-order chi connectivity index (χ1) is 13.6. The van der Waals surface area contributed by atoms with Gasteiger partial charge in [-0.05, 0) is 31.9 Å². The van der Waals surface area contributed by atoms with Crippen LogP contribution in [0.4, 0.5) is 0 Å². The molecule has 1 saturated heterocycles. The van der Waals surface area contributed by atoms with Gasteiger partial charge in [-0.25, -0.2) is 4.68 Å². The molecule has 0 aliphatic carbocycles. The third-order valence-corrected chi connectivity index (χ3v) is 5.14. The summed E-state index contributed by atoms with van der Waals surface area (Å²) in [6, 6.07) is 18.0. The summed E-state index contributed by atoms with van der Waals surface area (Å²) in [6.45, 7) is 3.44. The van der Waals surface area contributed by atoms with Gasteiger partial charge in [0, 0.05) is 32.0 Å². The number of carbonyl (C=O) groups excluding carboxylic acids is 1. The van der Waals surface area contributed by atoms with Crippen LogP contribution >= 0.6 is 0 Å². The van der Waals surface area contributed by atoms with Crippen molar-refractivity contribution in [3.8, 4) is 16.9 Å². The highest BCUT2D eigenvalue weighted by atomic mass is 16.5. The number of aromatic nitrogens is 2. The monoisotopic (exact) mass is 375 g/mol.